The Balaban J connectivity index is 1.53. The lowest BCUT2D eigenvalue weighted by Crippen LogP contribution is -2.45. The molecule has 0 saturated heterocycles. The Morgan fingerprint density at radius 2 is 1.81 bits per heavy atom. The number of likely N-dealkylation sites (N-methyl/N-ethyl adjacent to an activating group) is 1. The average Bonchev–Trinajstić information content (AvgIpc) is 3.60. The third-order valence-electron chi connectivity index (χ3n) is 6.73. The Bertz CT molecular complexity index is 980. The van der Waals surface area contributed by atoms with Gasteiger partial charge >= 0.3 is 0 Å². The maximum atomic E-state index is 15.2. The van der Waals surface area contributed by atoms with Gasteiger partial charge in [-0.1, -0.05) is 18.2 Å². The SMILES string of the molecule is CNC(=O)c1ccc(-c2ccc(C3(C(=O)N(C)C4CCC(O)CC4)CC3)c(F)c2)cn1. The van der Waals surface area contributed by atoms with E-state index in [1.165, 1.54) is 13.1 Å². The molecule has 0 radical (unpaired) electrons. The average molecular weight is 426 g/mol. The second-order valence-corrected chi connectivity index (χ2v) is 8.67. The molecule has 1 aromatic heterocycles. The first-order chi connectivity index (χ1) is 14.9. The number of aromatic nitrogens is 1. The summed E-state index contributed by atoms with van der Waals surface area (Å²) in [4.78, 5) is 30.8. The highest BCUT2D eigenvalue weighted by molar-refractivity contribution is 5.92. The Morgan fingerprint density at radius 1 is 1.13 bits per heavy atom. The third kappa shape index (κ3) is 4.06. The van der Waals surface area contributed by atoms with Crippen molar-refractivity contribution in [1.29, 1.82) is 0 Å². The number of rotatable bonds is 5. The van der Waals surface area contributed by atoms with Crippen LogP contribution in [-0.2, 0) is 10.2 Å². The molecule has 1 aromatic carbocycles. The number of carbonyl (C=O) groups is 2. The second kappa shape index (κ2) is 8.38. The Morgan fingerprint density at radius 3 is 2.35 bits per heavy atom. The number of amides is 2. The van der Waals surface area contributed by atoms with Crippen molar-refractivity contribution in [2.45, 2.75) is 56.1 Å². The Hall–Kier alpha value is -2.80. The number of pyridine rings is 1. The van der Waals surface area contributed by atoms with Gasteiger partial charge in [-0.15, -0.1) is 0 Å². The summed E-state index contributed by atoms with van der Waals surface area (Å²) in [5.74, 6) is -0.706. The van der Waals surface area contributed by atoms with E-state index in [2.05, 4.69) is 10.3 Å². The molecular weight excluding hydrogens is 397 g/mol. The fourth-order valence-electron chi connectivity index (χ4n) is 4.58. The lowest BCUT2D eigenvalue weighted by molar-refractivity contribution is -0.135. The minimum Gasteiger partial charge on any atom is -0.393 e. The number of halogens is 1. The number of aliphatic hydroxyl groups excluding tert-OH is 1. The summed E-state index contributed by atoms with van der Waals surface area (Å²) in [6.45, 7) is 0. The van der Waals surface area contributed by atoms with Crippen LogP contribution in [0.5, 0.6) is 0 Å². The van der Waals surface area contributed by atoms with Crippen molar-refractivity contribution in [3.05, 3.63) is 53.6 Å². The van der Waals surface area contributed by atoms with Crippen LogP contribution < -0.4 is 5.32 Å². The smallest absolute Gasteiger partial charge is 0.269 e. The lowest BCUT2D eigenvalue weighted by Gasteiger charge is -2.35. The Labute approximate surface area is 181 Å². The van der Waals surface area contributed by atoms with Crippen LogP contribution in [0.4, 0.5) is 4.39 Å². The molecule has 2 aliphatic carbocycles. The first-order valence-electron chi connectivity index (χ1n) is 10.8. The maximum absolute atomic E-state index is 15.2. The highest BCUT2D eigenvalue weighted by atomic mass is 19.1. The van der Waals surface area contributed by atoms with Crippen LogP contribution in [0, 0.1) is 5.82 Å². The molecule has 2 aromatic rings. The molecule has 0 bridgehead atoms. The first kappa shape index (κ1) is 21.4. The standard InChI is InChI=1S/C24H28FN3O3/c1-26-22(30)21-10-4-16(14-27-21)15-3-9-19(20(25)13-15)24(11-12-24)23(31)28(2)17-5-7-18(29)8-6-17/h3-4,9-10,13-14,17-18,29H,5-8,11-12H2,1-2H3,(H,26,30). The van der Waals surface area contributed by atoms with E-state index >= 15 is 4.39 Å². The van der Waals surface area contributed by atoms with Gasteiger partial charge in [0, 0.05) is 37.5 Å². The highest BCUT2D eigenvalue weighted by Crippen LogP contribution is 2.51. The van der Waals surface area contributed by atoms with Crippen molar-refractivity contribution in [2.75, 3.05) is 14.1 Å². The lowest BCUT2D eigenvalue weighted by atomic mass is 9.88. The zero-order valence-electron chi connectivity index (χ0n) is 17.9. The van der Waals surface area contributed by atoms with Crippen molar-refractivity contribution in [3.8, 4) is 11.1 Å². The van der Waals surface area contributed by atoms with E-state index in [1.807, 2.05) is 0 Å². The Kier molecular flexibility index (Phi) is 5.79. The first-order valence-corrected chi connectivity index (χ1v) is 10.8. The molecule has 0 spiro atoms. The number of aliphatic hydroxyl groups is 1. The third-order valence-corrected chi connectivity index (χ3v) is 6.73. The number of benzene rings is 1. The van der Waals surface area contributed by atoms with Crippen molar-refractivity contribution in [2.24, 2.45) is 0 Å². The number of hydrogen-bond donors (Lipinski definition) is 2. The van der Waals surface area contributed by atoms with Crippen LogP contribution in [0.15, 0.2) is 36.5 Å². The summed E-state index contributed by atoms with van der Waals surface area (Å²) in [5, 5.41) is 12.2. The highest BCUT2D eigenvalue weighted by Gasteiger charge is 2.54. The summed E-state index contributed by atoms with van der Waals surface area (Å²) >= 11 is 0. The van der Waals surface area contributed by atoms with E-state index in [4.69, 9.17) is 0 Å². The molecular formula is C24H28FN3O3. The van der Waals surface area contributed by atoms with E-state index in [0.717, 1.165) is 12.8 Å². The molecule has 2 amide bonds. The predicted molar refractivity (Wildman–Crippen MR) is 115 cm³/mol. The van der Waals surface area contributed by atoms with Crippen LogP contribution in [0.1, 0.15) is 54.6 Å². The summed E-state index contributed by atoms with van der Waals surface area (Å²) in [6, 6.07) is 8.38. The van der Waals surface area contributed by atoms with Gasteiger partial charge in [0.05, 0.1) is 11.5 Å². The summed E-state index contributed by atoms with van der Waals surface area (Å²) < 4.78 is 15.2. The van der Waals surface area contributed by atoms with Crippen molar-refractivity contribution in [3.63, 3.8) is 0 Å². The quantitative estimate of drug-likeness (QED) is 0.772. The molecule has 0 atom stereocenters. The predicted octanol–water partition coefficient (Wildman–Crippen LogP) is 3.04. The number of hydrogen-bond acceptors (Lipinski definition) is 4. The fourth-order valence-corrected chi connectivity index (χ4v) is 4.58. The fraction of sp³-hybridized carbons (Fsp3) is 0.458. The second-order valence-electron chi connectivity index (χ2n) is 8.67. The zero-order valence-corrected chi connectivity index (χ0v) is 17.9. The molecule has 1 heterocycles. The largest absolute Gasteiger partial charge is 0.393 e. The van der Waals surface area contributed by atoms with E-state index in [1.54, 1.807) is 42.4 Å². The van der Waals surface area contributed by atoms with Gasteiger partial charge in [0.25, 0.3) is 5.91 Å². The molecule has 2 aliphatic rings. The molecule has 0 aliphatic heterocycles. The van der Waals surface area contributed by atoms with Crippen LogP contribution in [0.25, 0.3) is 11.1 Å². The molecule has 0 unspecified atom stereocenters. The summed E-state index contributed by atoms with van der Waals surface area (Å²) in [7, 11) is 3.34. The molecule has 2 N–H and O–H groups in total. The molecule has 31 heavy (non-hydrogen) atoms. The van der Waals surface area contributed by atoms with E-state index < -0.39 is 11.2 Å². The van der Waals surface area contributed by atoms with Gasteiger partial charge in [-0.3, -0.25) is 14.6 Å². The minimum atomic E-state index is -0.783. The zero-order chi connectivity index (χ0) is 22.2. The van der Waals surface area contributed by atoms with Gasteiger partial charge < -0.3 is 15.3 Å². The van der Waals surface area contributed by atoms with E-state index in [9.17, 15) is 14.7 Å². The number of carbonyl (C=O) groups excluding carboxylic acids is 2. The molecule has 6 nitrogen and oxygen atoms in total. The van der Waals surface area contributed by atoms with Gasteiger partial charge in [0.1, 0.15) is 11.5 Å². The van der Waals surface area contributed by atoms with Crippen LogP contribution in [0.3, 0.4) is 0 Å². The van der Waals surface area contributed by atoms with Crippen LogP contribution in [-0.4, -0.2) is 53.0 Å². The molecule has 164 valence electrons. The van der Waals surface area contributed by atoms with Gasteiger partial charge in [-0.05, 0) is 56.2 Å². The van der Waals surface area contributed by atoms with Crippen LogP contribution in [0.2, 0.25) is 0 Å². The van der Waals surface area contributed by atoms with Gasteiger partial charge in [0.15, 0.2) is 0 Å². The number of nitrogens with one attached hydrogen (secondary N) is 1. The van der Waals surface area contributed by atoms with Crippen molar-refractivity contribution in [1.82, 2.24) is 15.2 Å². The van der Waals surface area contributed by atoms with Crippen molar-refractivity contribution >= 4 is 11.8 Å². The molecule has 2 saturated carbocycles. The number of nitrogens with zero attached hydrogens (tertiary/aromatic N) is 2. The van der Waals surface area contributed by atoms with Gasteiger partial charge in [-0.2, -0.15) is 0 Å². The molecule has 7 heteroatoms. The normalized spacial score (nSPS) is 21.9. The monoisotopic (exact) mass is 425 g/mol. The summed E-state index contributed by atoms with van der Waals surface area (Å²) in [5.41, 5.74) is 1.31. The molecule has 2 fully saturated rings. The van der Waals surface area contributed by atoms with E-state index in [-0.39, 0.29) is 24.0 Å². The van der Waals surface area contributed by atoms with Gasteiger partial charge in [0.2, 0.25) is 5.91 Å². The van der Waals surface area contributed by atoms with Gasteiger partial charge in [-0.25, -0.2) is 4.39 Å². The van der Waals surface area contributed by atoms with E-state index in [0.29, 0.717) is 48.1 Å². The summed E-state index contributed by atoms with van der Waals surface area (Å²) in [6.07, 6.45) is 5.51. The van der Waals surface area contributed by atoms with Crippen LogP contribution >= 0.6 is 0 Å². The maximum Gasteiger partial charge on any atom is 0.269 e. The minimum absolute atomic E-state index is 0.0304. The van der Waals surface area contributed by atoms with Crippen molar-refractivity contribution < 1.29 is 19.1 Å². The topological polar surface area (TPSA) is 82.5 Å². The molecule has 4 rings (SSSR count).